The largest absolute Gasteiger partial charge is 0.465 e. The van der Waals surface area contributed by atoms with Crippen molar-refractivity contribution in [3.63, 3.8) is 0 Å². The van der Waals surface area contributed by atoms with Crippen LogP contribution in [0.4, 0.5) is 5.69 Å². The van der Waals surface area contributed by atoms with E-state index in [1.807, 2.05) is 32.2 Å². The fourth-order valence-corrected chi connectivity index (χ4v) is 1.82. The zero-order chi connectivity index (χ0) is 13.7. The lowest BCUT2D eigenvalue weighted by atomic mass is 10.1. The molecule has 0 unspecified atom stereocenters. The molecule has 0 aromatic heterocycles. The number of nitrogens with zero attached hydrogens (tertiary/aromatic N) is 1. The maximum atomic E-state index is 11.5. The normalized spacial score (nSPS) is 9.94. The van der Waals surface area contributed by atoms with Gasteiger partial charge in [0.15, 0.2) is 0 Å². The van der Waals surface area contributed by atoms with Gasteiger partial charge in [0.2, 0.25) is 0 Å². The van der Waals surface area contributed by atoms with Crippen molar-refractivity contribution >= 4 is 28.9 Å². The Balaban J connectivity index is 2.96. The number of nitrogens with two attached hydrogens (primary N) is 1. The molecule has 0 amide bonds. The average molecular weight is 266 g/mol. The van der Waals surface area contributed by atoms with Crippen molar-refractivity contribution in [3.05, 3.63) is 29.3 Å². The monoisotopic (exact) mass is 266 g/mol. The van der Waals surface area contributed by atoms with Gasteiger partial charge in [-0.15, -0.1) is 0 Å². The third-order valence-electron chi connectivity index (χ3n) is 2.50. The van der Waals surface area contributed by atoms with Gasteiger partial charge in [0.1, 0.15) is 11.5 Å². The highest BCUT2D eigenvalue weighted by Crippen LogP contribution is 2.21. The summed E-state index contributed by atoms with van der Waals surface area (Å²) in [5.41, 5.74) is 8.37. The first-order valence-corrected chi connectivity index (χ1v) is 6.13. The van der Waals surface area contributed by atoms with E-state index in [4.69, 9.17) is 22.7 Å². The molecule has 0 heterocycles. The Bertz CT molecular complexity index is 460. The number of esters is 1. The lowest BCUT2D eigenvalue weighted by Gasteiger charge is -2.21. The molecular formula is C13H18N2O2S. The first kappa shape index (κ1) is 14.4. The van der Waals surface area contributed by atoms with Crippen molar-refractivity contribution in [2.75, 3.05) is 25.1 Å². The SMILES string of the molecule is CCOC(=O)CN(C)c1cc(C)ccc1C(N)=S. The lowest BCUT2D eigenvalue weighted by molar-refractivity contribution is -0.141. The second kappa shape index (κ2) is 6.35. The Morgan fingerprint density at radius 3 is 2.72 bits per heavy atom. The topological polar surface area (TPSA) is 55.6 Å². The number of hydrogen-bond acceptors (Lipinski definition) is 4. The fraction of sp³-hybridized carbons (Fsp3) is 0.385. The van der Waals surface area contributed by atoms with Crippen molar-refractivity contribution in [2.24, 2.45) is 5.73 Å². The van der Waals surface area contributed by atoms with Gasteiger partial charge >= 0.3 is 5.97 Å². The van der Waals surface area contributed by atoms with E-state index >= 15 is 0 Å². The number of likely N-dealkylation sites (N-methyl/N-ethyl adjacent to an activating group) is 1. The maximum absolute atomic E-state index is 11.5. The van der Waals surface area contributed by atoms with Gasteiger partial charge < -0.3 is 15.4 Å². The van der Waals surface area contributed by atoms with Gasteiger partial charge in [-0.05, 0) is 31.5 Å². The van der Waals surface area contributed by atoms with Crippen molar-refractivity contribution in [1.82, 2.24) is 0 Å². The molecule has 1 rings (SSSR count). The number of rotatable bonds is 5. The Kier molecular flexibility index (Phi) is 5.09. The molecule has 1 aromatic carbocycles. The smallest absolute Gasteiger partial charge is 0.325 e. The van der Waals surface area contributed by atoms with Crippen LogP contribution in [-0.2, 0) is 9.53 Å². The van der Waals surface area contributed by atoms with Gasteiger partial charge in [-0.3, -0.25) is 4.79 Å². The molecular weight excluding hydrogens is 248 g/mol. The van der Waals surface area contributed by atoms with Crippen molar-refractivity contribution < 1.29 is 9.53 Å². The number of hydrogen-bond donors (Lipinski definition) is 1. The number of thiocarbonyl (C=S) groups is 1. The molecule has 2 N–H and O–H groups in total. The van der Waals surface area contributed by atoms with Gasteiger partial charge in [0, 0.05) is 18.3 Å². The summed E-state index contributed by atoms with van der Waals surface area (Å²) in [5, 5.41) is 0. The molecule has 0 fully saturated rings. The second-order valence-corrected chi connectivity index (χ2v) is 4.49. The summed E-state index contributed by atoms with van der Waals surface area (Å²) >= 11 is 5.01. The minimum atomic E-state index is -0.268. The van der Waals surface area contributed by atoms with Gasteiger partial charge in [-0.1, -0.05) is 18.3 Å². The van der Waals surface area contributed by atoms with Gasteiger partial charge in [-0.2, -0.15) is 0 Å². The fourth-order valence-electron chi connectivity index (χ4n) is 1.65. The summed E-state index contributed by atoms with van der Waals surface area (Å²) in [4.78, 5) is 13.6. The van der Waals surface area contributed by atoms with E-state index in [1.165, 1.54) is 0 Å². The predicted molar refractivity (Wildman–Crippen MR) is 77.0 cm³/mol. The van der Waals surface area contributed by atoms with Crippen LogP contribution in [0.25, 0.3) is 0 Å². The number of aryl methyl sites for hydroxylation is 1. The zero-order valence-electron chi connectivity index (χ0n) is 10.9. The third kappa shape index (κ3) is 3.70. The molecule has 98 valence electrons. The Morgan fingerprint density at radius 2 is 2.17 bits per heavy atom. The zero-order valence-corrected chi connectivity index (χ0v) is 11.7. The summed E-state index contributed by atoms with van der Waals surface area (Å²) in [6.45, 7) is 4.31. The summed E-state index contributed by atoms with van der Waals surface area (Å²) in [5.74, 6) is -0.268. The van der Waals surface area contributed by atoms with E-state index in [0.717, 1.165) is 16.8 Å². The molecule has 0 spiro atoms. The van der Waals surface area contributed by atoms with Crippen LogP contribution >= 0.6 is 12.2 Å². The van der Waals surface area contributed by atoms with E-state index in [0.29, 0.717) is 11.6 Å². The van der Waals surface area contributed by atoms with E-state index in [2.05, 4.69) is 0 Å². The molecule has 0 aliphatic heterocycles. The molecule has 0 saturated carbocycles. The molecule has 0 saturated heterocycles. The highest BCUT2D eigenvalue weighted by molar-refractivity contribution is 7.80. The number of benzene rings is 1. The maximum Gasteiger partial charge on any atom is 0.325 e. The van der Waals surface area contributed by atoms with Crippen LogP contribution in [0.5, 0.6) is 0 Å². The Labute approximate surface area is 113 Å². The highest BCUT2D eigenvalue weighted by atomic mass is 32.1. The second-order valence-electron chi connectivity index (χ2n) is 4.05. The van der Waals surface area contributed by atoms with Crippen LogP contribution in [0.1, 0.15) is 18.1 Å². The summed E-state index contributed by atoms with van der Waals surface area (Å²) in [7, 11) is 1.81. The molecule has 5 heteroatoms. The van der Waals surface area contributed by atoms with E-state index in [-0.39, 0.29) is 12.5 Å². The summed E-state index contributed by atoms with van der Waals surface area (Å²) in [6.07, 6.45) is 0. The van der Waals surface area contributed by atoms with Crippen molar-refractivity contribution in [3.8, 4) is 0 Å². The van der Waals surface area contributed by atoms with Crippen LogP contribution in [0.3, 0.4) is 0 Å². The van der Waals surface area contributed by atoms with Crippen LogP contribution in [0.15, 0.2) is 18.2 Å². The number of ether oxygens (including phenoxy) is 1. The third-order valence-corrected chi connectivity index (χ3v) is 2.72. The van der Waals surface area contributed by atoms with E-state index in [9.17, 15) is 4.79 Å². The van der Waals surface area contributed by atoms with Gasteiger partial charge in [0.25, 0.3) is 0 Å². The van der Waals surface area contributed by atoms with Crippen LogP contribution in [0, 0.1) is 6.92 Å². The van der Waals surface area contributed by atoms with E-state index < -0.39 is 0 Å². The molecule has 0 aliphatic carbocycles. The predicted octanol–water partition coefficient (Wildman–Crippen LogP) is 1.63. The van der Waals surface area contributed by atoms with Crippen LogP contribution < -0.4 is 10.6 Å². The van der Waals surface area contributed by atoms with Crippen molar-refractivity contribution in [1.29, 1.82) is 0 Å². The van der Waals surface area contributed by atoms with E-state index in [1.54, 1.807) is 11.8 Å². The molecule has 1 aromatic rings. The molecule has 0 atom stereocenters. The standard InChI is InChI=1S/C13H18N2O2S/c1-4-17-12(16)8-15(3)11-7-9(2)5-6-10(11)13(14)18/h5-7H,4,8H2,1-3H3,(H2,14,18). The minimum absolute atomic E-state index is 0.174. The molecule has 0 radical (unpaired) electrons. The number of carbonyl (C=O) groups excluding carboxylic acids is 1. The molecule has 0 aliphatic rings. The summed E-state index contributed by atoms with van der Waals surface area (Å²) in [6, 6.07) is 5.76. The van der Waals surface area contributed by atoms with Crippen LogP contribution in [0.2, 0.25) is 0 Å². The molecule has 4 nitrogen and oxygen atoms in total. The highest BCUT2D eigenvalue weighted by Gasteiger charge is 2.13. The Hall–Kier alpha value is -1.62. The minimum Gasteiger partial charge on any atom is -0.465 e. The first-order valence-electron chi connectivity index (χ1n) is 5.73. The van der Waals surface area contributed by atoms with Crippen LogP contribution in [-0.4, -0.2) is 31.2 Å². The average Bonchev–Trinajstić information content (AvgIpc) is 2.28. The van der Waals surface area contributed by atoms with Gasteiger partial charge in [0.05, 0.1) is 6.61 Å². The lowest BCUT2D eigenvalue weighted by Crippen LogP contribution is -2.29. The quantitative estimate of drug-likeness (QED) is 0.648. The first-order chi connectivity index (χ1) is 8.45. The number of anilines is 1. The summed E-state index contributed by atoms with van der Waals surface area (Å²) < 4.78 is 4.92. The molecule has 0 bridgehead atoms. The van der Waals surface area contributed by atoms with Gasteiger partial charge in [-0.25, -0.2) is 0 Å². The van der Waals surface area contributed by atoms with Crippen molar-refractivity contribution in [2.45, 2.75) is 13.8 Å². The number of carbonyl (C=O) groups is 1. The Morgan fingerprint density at radius 1 is 1.50 bits per heavy atom. The molecule has 18 heavy (non-hydrogen) atoms.